The van der Waals surface area contributed by atoms with Crippen LogP contribution in [0.4, 0.5) is 0 Å². The predicted molar refractivity (Wildman–Crippen MR) is 37.7 cm³/mol. The average Bonchev–Trinajstić information content (AvgIpc) is 2.36. The maximum atomic E-state index is 4.94. The summed E-state index contributed by atoms with van der Waals surface area (Å²) >= 11 is 4.94. The summed E-state index contributed by atoms with van der Waals surface area (Å²) < 4.78 is 4.77. The van der Waals surface area contributed by atoms with Crippen molar-refractivity contribution in [2.75, 3.05) is 0 Å². The van der Waals surface area contributed by atoms with Crippen LogP contribution in [0.5, 0.6) is 0 Å². The van der Waals surface area contributed by atoms with E-state index < -0.39 is 0 Å². The summed E-state index contributed by atoms with van der Waals surface area (Å²) in [4.78, 5) is 0.679. The van der Waals surface area contributed by atoms with E-state index in [2.05, 4.69) is 10.4 Å². The smallest absolute Gasteiger partial charge is 0.188 e. The molecule has 0 spiro atoms. The Morgan fingerprint density at radius 2 is 2.30 bits per heavy atom. The van der Waals surface area contributed by atoms with Gasteiger partial charge in [-0.3, -0.25) is 0 Å². The summed E-state index contributed by atoms with van der Waals surface area (Å²) in [6.07, 6.45) is 0. The first-order valence-corrected chi connectivity index (χ1v) is 3.17. The Morgan fingerprint density at radius 3 is 3.10 bits per heavy atom. The fourth-order valence-electron chi connectivity index (χ4n) is 0.780. The van der Waals surface area contributed by atoms with Gasteiger partial charge in [0.05, 0.1) is 4.90 Å². The highest BCUT2D eigenvalue weighted by Crippen LogP contribution is 2.17. The first kappa shape index (κ1) is 5.61. The van der Waals surface area contributed by atoms with E-state index in [1.165, 1.54) is 0 Å². The molecule has 0 aliphatic carbocycles. The third-order valence-electron chi connectivity index (χ3n) is 1.24. The zero-order chi connectivity index (χ0) is 6.97. The van der Waals surface area contributed by atoms with Crippen LogP contribution in [0.2, 0.25) is 0 Å². The quantitative estimate of drug-likeness (QED) is 0.576. The molecule has 10 heavy (non-hydrogen) atoms. The van der Waals surface area contributed by atoms with Gasteiger partial charge in [-0.05, 0) is 12.1 Å². The van der Waals surface area contributed by atoms with E-state index in [4.69, 9.17) is 17.2 Å². The van der Waals surface area contributed by atoms with E-state index >= 15 is 0 Å². The summed E-state index contributed by atoms with van der Waals surface area (Å²) in [6, 6.07) is 5.39. The topological polar surface area (TPSA) is 38.9 Å². The molecule has 3 nitrogen and oxygen atoms in total. The van der Waals surface area contributed by atoms with Gasteiger partial charge in [0, 0.05) is 5.27 Å². The number of hydrogen-bond donors (Lipinski definition) is 0. The van der Waals surface area contributed by atoms with Gasteiger partial charge in [0.15, 0.2) is 11.1 Å². The molecule has 1 heterocycles. The number of rotatable bonds is 0. The van der Waals surface area contributed by atoms with Crippen LogP contribution in [-0.2, 0) is 0 Å². The van der Waals surface area contributed by atoms with Gasteiger partial charge in [-0.2, -0.15) is 0 Å². The maximum absolute atomic E-state index is 4.94. The summed E-state index contributed by atoms with van der Waals surface area (Å²) in [5.41, 5.74) is 1.31. The van der Waals surface area contributed by atoms with E-state index in [0.29, 0.717) is 16.0 Å². The molecular weight excluding hydrogens is 148 g/mol. The standard InChI is InChI=1S/C6H3N2OS/c10-5-3-1-2-4-6(5)7-8-9-4/h1-3H. The average molecular weight is 151 g/mol. The second-order valence-electron chi connectivity index (χ2n) is 1.88. The molecule has 0 amide bonds. The lowest BCUT2D eigenvalue weighted by molar-refractivity contribution is 0.424. The van der Waals surface area contributed by atoms with Gasteiger partial charge in [0.25, 0.3) is 0 Å². The molecule has 0 fully saturated rings. The van der Waals surface area contributed by atoms with Crippen molar-refractivity contribution in [3.8, 4) is 0 Å². The highest BCUT2D eigenvalue weighted by Gasteiger charge is 2.01. The normalized spacial score (nSPS) is 10.4. The Hall–Kier alpha value is -1.16. The van der Waals surface area contributed by atoms with Crippen LogP contribution in [0.1, 0.15) is 0 Å². The monoisotopic (exact) mass is 151 g/mol. The second kappa shape index (κ2) is 1.91. The molecule has 0 N–H and O–H groups in total. The lowest BCUT2D eigenvalue weighted by atomic mass is 10.3. The lowest BCUT2D eigenvalue weighted by Gasteiger charge is -1.84. The van der Waals surface area contributed by atoms with Gasteiger partial charge in [-0.1, -0.05) is 18.7 Å². The number of nitrogens with zero attached hydrogens (tertiary/aromatic N) is 2. The first-order valence-electron chi connectivity index (χ1n) is 2.76. The van der Waals surface area contributed by atoms with Gasteiger partial charge >= 0.3 is 0 Å². The van der Waals surface area contributed by atoms with Crippen LogP contribution in [0.25, 0.3) is 11.1 Å². The molecule has 2 rings (SSSR count). The molecule has 0 aliphatic heterocycles. The minimum atomic E-state index is 0.646. The molecule has 0 unspecified atom stereocenters. The number of hydrogen-bond acceptors (Lipinski definition) is 3. The summed E-state index contributed by atoms with van der Waals surface area (Å²) in [5, 5.41) is 7.07. The largest absolute Gasteiger partial charge is 0.337 e. The van der Waals surface area contributed by atoms with Gasteiger partial charge in [-0.25, -0.2) is 0 Å². The molecule has 0 atom stereocenters. The molecule has 49 valence electrons. The van der Waals surface area contributed by atoms with Crippen LogP contribution < -0.4 is 0 Å². The van der Waals surface area contributed by atoms with Crippen molar-refractivity contribution in [1.29, 1.82) is 0 Å². The minimum absolute atomic E-state index is 0.646. The fourth-order valence-corrected chi connectivity index (χ4v) is 1.000. The molecule has 4 heteroatoms. The van der Waals surface area contributed by atoms with Crippen LogP contribution in [0.15, 0.2) is 27.6 Å². The van der Waals surface area contributed by atoms with E-state index in [1.807, 2.05) is 6.07 Å². The Labute approximate surface area is 62.4 Å². The van der Waals surface area contributed by atoms with Crippen molar-refractivity contribution in [2.24, 2.45) is 0 Å². The molecule has 2 aromatic rings. The third-order valence-corrected chi connectivity index (χ3v) is 1.57. The van der Waals surface area contributed by atoms with Gasteiger partial charge in [0.1, 0.15) is 0 Å². The minimum Gasteiger partial charge on any atom is -0.337 e. The summed E-state index contributed by atoms with van der Waals surface area (Å²) in [7, 11) is 0. The Morgan fingerprint density at radius 1 is 1.40 bits per heavy atom. The van der Waals surface area contributed by atoms with E-state index in [-0.39, 0.29) is 0 Å². The zero-order valence-electron chi connectivity index (χ0n) is 4.94. The van der Waals surface area contributed by atoms with Crippen LogP contribution >= 0.6 is 12.6 Å². The number of aromatic nitrogens is 2. The lowest BCUT2D eigenvalue weighted by Crippen LogP contribution is -1.69. The molecule has 1 aromatic heterocycles. The highest BCUT2D eigenvalue weighted by atomic mass is 32.1. The van der Waals surface area contributed by atoms with Crippen molar-refractivity contribution in [3.05, 3.63) is 18.2 Å². The van der Waals surface area contributed by atoms with Crippen molar-refractivity contribution >= 4 is 23.7 Å². The van der Waals surface area contributed by atoms with Crippen LogP contribution in [0.3, 0.4) is 0 Å². The van der Waals surface area contributed by atoms with Crippen LogP contribution in [0, 0.1) is 0 Å². The van der Waals surface area contributed by atoms with Crippen LogP contribution in [-0.4, -0.2) is 10.4 Å². The molecular formula is C6H3N2OS. The van der Waals surface area contributed by atoms with Gasteiger partial charge in [-0.15, -0.1) is 5.10 Å². The molecule has 1 radical (unpaired) electrons. The summed E-state index contributed by atoms with van der Waals surface area (Å²) in [5.74, 6) is 0. The Kier molecular flexibility index (Phi) is 1.07. The van der Waals surface area contributed by atoms with Gasteiger partial charge in [0.2, 0.25) is 0 Å². The summed E-state index contributed by atoms with van der Waals surface area (Å²) in [6.45, 7) is 0. The van der Waals surface area contributed by atoms with E-state index in [0.717, 1.165) is 0 Å². The zero-order valence-corrected chi connectivity index (χ0v) is 5.76. The second-order valence-corrected chi connectivity index (χ2v) is 2.32. The van der Waals surface area contributed by atoms with Crippen molar-refractivity contribution in [2.45, 2.75) is 4.90 Å². The van der Waals surface area contributed by atoms with Gasteiger partial charge < -0.3 is 4.52 Å². The fraction of sp³-hybridized carbons (Fsp3) is 0. The third kappa shape index (κ3) is 0.657. The highest BCUT2D eigenvalue weighted by molar-refractivity contribution is 7.80. The number of benzene rings is 1. The SMILES string of the molecule is [S]c1cccc2onnc12. The maximum Gasteiger partial charge on any atom is 0.188 e. The first-order chi connectivity index (χ1) is 4.88. The van der Waals surface area contributed by atoms with Crippen molar-refractivity contribution in [3.63, 3.8) is 0 Å². The molecule has 0 bridgehead atoms. The molecule has 0 saturated heterocycles. The predicted octanol–water partition coefficient (Wildman–Crippen LogP) is 1.78. The molecule has 1 aromatic carbocycles. The molecule has 0 aliphatic rings. The Balaban J connectivity index is 2.95. The van der Waals surface area contributed by atoms with Crippen molar-refractivity contribution in [1.82, 2.24) is 10.4 Å². The van der Waals surface area contributed by atoms with E-state index in [9.17, 15) is 0 Å². The van der Waals surface area contributed by atoms with Crippen molar-refractivity contribution < 1.29 is 4.52 Å². The van der Waals surface area contributed by atoms with E-state index in [1.54, 1.807) is 12.1 Å². The molecule has 0 saturated carbocycles. The number of fused-ring (bicyclic) bond motifs is 1. The Bertz CT molecular complexity index is 357.